The molecule has 1 amide bonds. The molecule has 0 heterocycles. The van der Waals surface area contributed by atoms with E-state index in [4.69, 9.17) is 9.47 Å². The average molecular weight is 369 g/mol. The van der Waals surface area contributed by atoms with Crippen molar-refractivity contribution in [2.75, 3.05) is 6.61 Å². The van der Waals surface area contributed by atoms with E-state index in [-0.39, 0.29) is 12.6 Å². The Morgan fingerprint density at radius 1 is 1.11 bits per heavy atom. The standard InChI is InChI=1S/C22H27NO4/c1-16-9-11-17(12-10-16)13-19(23-21(25)27-22(2,3)4)15-26-20-8-6-5-7-18(20)14-24/h5-12,14,19H,13,15H2,1-4H3,(H,23,25)/t19-/m0/s1. The molecule has 0 radical (unpaired) electrons. The van der Waals surface area contributed by atoms with Crippen molar-refractivity contribution in [2.45, 2.75) is 45.8 Å². The zero-order valence-corrected chi connectivity index (χ0v) is 16.3. The molecular weight excluding hydrogens is 342 g/mol. The topological polar surface area (TPSA) is 64.6 Å². The third kappa shape index (κ3) is 7.13. The number of carbonyl (C=O) groups is 2. The van der Waals surface area contributed by atoms with E-state index in [0.717, 1.165) is 11.8 Å². The highest BCUT2D eigenvalue weighted by molar-refractivity contribution is 5.79. The van der Waals surface area contributed by atoms with E-state index in [0.29, 0.717) is 17.7 Å². The van der Waals surface area contributed by atoms with E-state index < -0.39 is 11.7 Å². The quantitative estimate of drug-likeness (QED) is 0.738. The van der Waals surface area contributed by atoms with Gasteiger partial charge in [0.15, 0.2) is 6.29 Å². The minimum absolute atomic E-state index is 0.220. The predicted octanol–water partition coefficient (Wildman–Crippen LogP) is 4.32. The molecule has 5 heteroatoms. The lowest BCUT2D eigenvalue weighted by molar-refractivity contribution is 0.0487. The number of benzene rings is 2. The number of carbonyl (C=O) groups excluding carboxylic acids is 2. The molecule has 2 aromatic carbocycles. The van der Waals surface area contributed by atoms with Crippen LogP contribution in [0.3, 0.4) is 0 Å². The smallest absolute Gasteiger partial charge is 0.408 e. The van der Waals surface area contributed by atoms with Gasteiger partial charge in [0.05, 0.1) is 11.6 Å². The van der Waals surface area contributed by atoms with Crippen molar-refractivity contribution in [2.24, 2.45) is 0 Å². The van der Waals surface area contributed by atoms with Crippen molar-refractivity contribution in [1.82, 2.24) is 5.32 Å². The van der Waals surface area contributed by atoms with E-state index in [1.807, 2.05) is 52.0 Å². The molecule has 0 aliphatic heterocycles. The number of hydrogen-bond donors (Lipinski definition) is 1. The largest absolute Gasteiger partial charge is 0.491 e. The van der Waals surface area contributed by atoms with Gasteiger partial charge in [0.25, 0.3) is 0 Å². The molecule has 0 spiro atoms. The van der Waals surface area contributed by atoms with Gasteiger partial charge in [0.1, 0.15) is 18.0 Å². The number of ether oxygens (including phenoxy) is 2. The summed E-state index contributed by atoms with van der Waals surface area (Å²) in [5, 5.41) is 2.87. The monoisotopic (exact) mass is 369 g/mol. The Bertz CT molecular complexity index is 763. The van der Waals surface area contributed by atoms with E-state index in [1.54, 1.807) is 24.3 Å². The van der Waals surface area contributed by atoms with Crippen molar-refractivity contribution in [3.05, 3.63) is 65.2 Å². The van der Waals surface area contributed by atoms with Gasteiger partial charge in [0, 0.05) is 0 Å². The fourth-order valence-electron chi connectivity index (χ4n) is 2.53. The lowest BCUT2D eigenvalue weighted by atomic mass is 10.0. The minimum atomic E-state index is -0.580. The van der Waals surface area contributed by atoms with Crippen molar-refractivity contribution < 1.29 is 19.1 Å². The maximum atomic E-state index is 12.2. The van der Waals surface area contributed by atoms with Crippen LogP contribution in [0.4, 0.5) is 4.79 Å². The molecule has 0 bridgehead atoms. The molecule has 1 N–H and O–H groups in total. The zero-order valence-electron chi connectivity index (χ0n) is 16.3. The zero-order chi connectivity index (χ0) is 19.9. The van der Waals surface area contributed by atoms with Gasteiger partial charge >= 0.3 is 6.09 Å². The summed E-state index contributed by atoms with van der Waals surface area (Å²) in [5.41, 5.74) is 2.15. The molecule has 0 aromatic heterocycles. The summed E-state index contributed by atoms with van der Waals surface area (Å²) in [5.74, 6) is 0.493. The number of alkyl carbamates (subject to hydrolysis) is 1. The van der Waals surface area contributed by atoms with Crippen molar-refractivity contribution >= 4 is 12.4 Å². The molecule has 27 heavy (non-hydrogen) atoms. The molecule has 0 saturated carbocycles. The minimum Gasteiger partial charge on any atom is -0.491 e. The van der Waals surface area contributed by atoms with Crippen LogP contribution in [0.1, 0.15) is 42.3 Å². The fraction of sp³-hybridized carbons (Fsp3) is 0.364. The highest BCUT2D eigenvalue weighted by atomic mass is 16.6. The molecule has 5 nitrogen and oxygen atoms in total. The highest BCUT2D eigenvalue weighted by Gasteiger charge is 2.20. The number of nitrogens with one attached hydrogen (secondary N) is 1. The number of rotatable bonds is 7. The number of aldehydes is 1. The van der Waals surface area contributed by atoms with Crippen LogP contribution >= 0.6 is 0 Å². The van der Waals surface area contributed by atoms with Gasteiger partial charge < -0.3 is 14.8 Å². The first-order valence-electron chi connectivity index (χ1n) is 8.99. The molecule has 0 unspecified atom stereocenters. The molecule has 2 aromatic rings. The summed E-state index contributed by atoms with van der Waals surface area (Å²) in [7, 11) is 0. The number of aryl methyl sites for hydroxylation is 1. The molecule has 0 fully saturated rings. The fourth-order valence-corrected chi connectivity index (χ4v) is 2.53. The summed E-state index contributed by atoms with van der Waals surface area (Å²) in [4.78, 5) is 23.4. The van der Waals surface area contributed by atoms with E-state index in [2.05, 4.69) is 5.32 Å². The Kier molecular flexibility index (Phi) is 6.99. The van der Waals surface area contributed by atoms with Gasteiger partial charge in [-0.2, -0.15) is 0 Å². The molecule has 0 saturated heterocycles. The first-order chi connectivity index (χ1) is 12.8. The highest BCUT2D eigenvalue weighted by Crippen LogP contribution is 2.17. The number of para-hydroxylation sites is 1. The Labute approximate surface area is 160 Å². The van der Waals surface area contributed by atoms with E-state index in [1.165, 1.54) is 5.56 Å². The maximum absolute atomic E-state index is 12.2. The summed E-state index contributed by atoms with van der Waals surface area (Å²) in [6.07, 6.45) is 0.848. The van der Waals surface area contributed by atoms with Crippen LogP contribution < -0.4 is 10.1 Å². The lowest BCUT2D eigenvalue weighted by Gasteiger charge is -2.24. The van der Waals surface area contributed by atoms with Gasteiger partial charge in [-0.3, -0.25) is 4.79 Å². The second kappa shape index (κ2) is 9.21. The van der Waals surface area contributed by atoms with Gasteiger partial charge in [-0.25, -0.2) is 4.79 Å². The molecule has 2 rings (SSSR count). The number of amides is 1. The van der Waals surface area contributed by atoms with Crippen molar-refractivity contribution in [1.29, 1.82) is 0 Å². The SMILES string of the molecule is Cc1ccc(C[C@@H](COc2ccccc2C=O)NC(=O)OC(C)(C)C)cc1. The number of hydrogen-bond acceptors (Lipinski definition) is 4. The van der Waals surface area contributed by atoms with Crippen LogP contribution in [0.2, 0.25) is 0 Å². The maximum Gasteiger partial charge on any atom is 0.408 e. The van der Waals surface area contributed by atoms with E-state index >= 15 is 0 Å². The Balaban J connectivity index is 2.09. The third-order valence-corrected chi connectivity index (χ3v) is 3.81. The van der Waals surface area contributed by atoms with Gasteiger partial charge in [0.2, 0.25) is 0 Å². The van der Waals surface area contributed by atoms with Crippen LogP contribution in [-0.2, 0) is 11.2 Å². The average Bonchev–Trinajstić information content (AvgIpc) is 2.60. The third-order valence-electron chi connectivity index (χ3n) is 3.81. The first kappa shape index (κ1) is 20.5. The van der Waals surface area contributed by atoms with Crippen LogP contribution in [0.25, 0.3) is 0 Å². The first-order valence-corrected chi connectivity index (χ1v) is 8.99. The van der Waals surface area contributed by atoms with Crippen LogP contribution in [-0.4, -0.2) is 30.6 Å². The molecule has 1 atom stereocenters. The second-order valence-electron chi connectivity index (χ2n) is 7.50. The van der Waals surface area contributed by atoms with Crippen LogP contribution in [0, 0.1) is 6.92 Å². The van der Waals surface area contributed by atoms with Crippen LogP contribution in [0.15, 0.2) is 48.5 Å². The second-order valence-corrected chi connectivity index (χ2v) is 7.50. The van der Waals surface area contributed by atoms with Gasteiger partial charge in [-0.15, -0.1) is 0 Å². The normalized spacial score (nSPS) is 12.1. The van der Waals surface area contributed by atoms with Crippen LogP contribution in [0.5, 0.6) is 5.75 Å². The molecule has 144 valence electrons. The Hall–Kier alpha value is -2.82. The Morgan fingerprint density at radius 2 is 1.78 bits per heavy atom. The molecule has 0 aliphatic rings. The summed E-state index contributed by atoms with van der Waals surface area (Å²) in [6.45, 7) is 7.70. The van der Waals surface area contributed by atoms with Crippen molar-refractivity contribution in [3.8, 4) is 5.75 Å². The van der Waals surface area contributed by atoms with E-state index in [9.17, 15) is 9.59 Å². The Morgan fingerprint density at radius 3 is 2.41 bits per heavy atom. The summed E-state index contributed by atoms with van der Waals surface area (Å²) in [6, 6.07) is 14.8. The van der Waals surface area contributed by atoms with Gasteiger partial charge in [-0.05, 0) is 51.8 Å². The molecule has 0 aliphatic carbocycles. The molecular formula is C22H27NO4. The summed E-state index contributed by atoms with van der Waals surface area (Å²) < 4.78 is 11.2. The van der Waals surface area contributed by atoms with Gasteiger partial charge in [-0.1, -0.05) is 42.0 Å². The van der Waals surface area contributed by atoms with Crippen molar-refractivity contribution in [3.63, 3.8) is 0 Å². The predicted molar refractivity (Wildman–Crippen MR) is 105 cm³/mol. The lowest BCUT2D eigenvalue weighted by Crippen LogP contribution is -2.43. The summed E-state index contributed by atoms with van der Waals surface area (Å²) >= 11 is 0.